The minimum absolute atomic E-state index is 0.0616. The predicted molar refractivity (Wildman–Crippen MR) is 93.6 cm³/mol. The lowest BCUT2D eigenvalue weighted by Gasteiger charge is -2.45. The summed E-state index contributed by atoms with van der Waals surface area (Å²) in [7, 11) is 0. The zero-order valence-electron chi connectivity index (χ0n) is 13.3. The molecule has 0 saturated carbocycles. The van der Waals surface area contributed by atoms with Crippen LogP contribution in [0.25, 0.3) is 0 Å². The molecule has 1 unspecified atom stereocenters. The fourth-order valence-electron chi connectivity index (χ4n) is 3.18. The van der Waals surface area contributed by atoms with Crippen LogP contribution in [0.5, 0.6) is 0 Å². The van der Waals surface area contributed by atoms with Crippen molar-refractivity contribution >= 4 is 15.9 Å². The van der Waals surface area contributed by atoms with Gasteiger partial charge >= 0.3 is 0 Å². The second-order valence-electron chi connectivity index (χ2n) is 6.33. The first-order valence-electron chi connectivity index (χ1n) is 7.99. The molecule has 0 radical (unpaired) electrons. The second-order valence-corrected chi connectivity index (χ2v) is 7.25. The number of piperazine rings is 1. The lowest BCUT2D eigenvalue weighted by molar-refractivity contribution is 0.0466. The van der Waals surface area contributed by atoms with Gasteiger partial charge in [0, 0.05) is 42.7 Å². The van der Waals surface area contributed by atoms with E-state index < -0.39 is 0 Å². The van der Waals surface area contributed by atoms with E-state index in [1.807, 2.05) is 0 Å². The van der Waals surface area contributed by atoms with Crippen LogP contribution in [0.2, 0.25) is 0 Å². The molecule has 0 bridgehead atoms. The molecule has 3 nitrogen and oxygen atoms in total. The van der Waals surface area contributed by atoms with Gasteiger partial charge in [0.15, 0.2) is 0 Å². The summed E-state index contributed by atoms with van der Waals surface area (Å²) in [5.41, 5.74) is 7.57. The Morgan fingerprint density at radius 1 is 1.14 bits per heavy atom. The Balaban J connectivity index is 1.99. The highest BCUT2D eigenvalue weighted by Crippen LogP contribution is 2.23. The summed E-state index contributed by atoms with van der Waals surface area (Å²) in [5.74, 6) is 0. The van der Waals surface area contributed by atoms with Gasteiger partial charge in [-0.05, 0) is 44.0 Å². The molecule has 1 aromatic carbocycles. The van der Waals surface area contributed by atoms with Gasteiger partial charge in [0.2, 0.25) is 0 Å². The van der Waals surface area contributed by atoms with Crippen molar-refractivity contribution < 1.29 is 0 Å². The van der Waals surface area contributed by atoms with Crippen molar-refractivity contribution in [3.63, 3.8) is 0 Å². The Bertz CT molecular complexity index is 426. The fourth-order valence-corrected chi connectivity index (χ4v) is 3.45. The molecule has 1 aliphatic heterocycles. The van der Waals surface area contributed by atoms with Crippen LogP contribution in [0.4, 0.5) is 0 Å². The largest absolute Gasteiger partial charge is 0.329 e. The standard InChI is InChI=1S/C17H28BrN3/c1-3-8-20-9-11-21(12-10-20)17(2,14-19)13-15-4-6-16(18)7-5-15/h4-7H,3,8-14,19H2,1-2H3. The van der Waals surface area contributed by atoms with Crippen LogP contribution in [-0.2, 0) is 6.42 Å². The molecule has 0 spiro atoms. The molecule has 0 amide bonds. The smallest absolute Gasteiger partial charge is 0.0344 e. The van der Waals surface area contributed by atoms with Gasteiger partial charge in [0.25, 0.3) is 0 Å². The van der Waals surface area contributed by atoms with Crippen molar-refractivity contribution in [2.45, 2.75) is 32.2 Å². The van der Waals surface area contributed by atoms with E-state index in [0.29, 0.717) is 6.54 Å². The third-order valence-electron chi connectivity index (χ3n) is 4.61. The number of halogens is 1. The topological polar surface area (TPSA) is 32.5 Å². The molecule has 1 fully saturated rings. The molecule has 1 aromatic rings. The molecule has 0 aliphatic carbocycles. The highest BCUT2D eigenvalue weighted by atomic mass is 79.9. The summed E-state index contributed by atoms with van der Waals surface area (Å²) in [6.07, 6.45) is 2.26. The van der Waals surface area contributed by atoms with Crippen LogP contribution in [-0.4, -0.2) is 54.6 Å². The molecule has 1 saturated heterocycles. The third-order valence-corrected chi connectivity index (χ3v) is 5.14. The molecule has 1 heterocycles. The number of benzene rings is 1. The number of nitrogens with zero attached hydrogens (tertiary/aromatic N) is 2. The summed E-state index contributed by atoms with van der Waals surface area (Å²) in [4.78, 5) is 5.15. The van der Waals surface area contributed by atoms with Crippen LogP contribution in [0.1, 0.15) is 25.8 Å². The zero-order valence-corrected chi connectivity index (χ0v) is 14.9. The maximum atomic E-state index is 6.14. The number of hydrogen-bond donors (Lipinski definition) is 1. The highest BCUT2D eigenvalue weighted by molar-refractivity contribution is 9.10. The minimum atomic E-state index is 0.0616. The van der Waals surface area contributed by atoms with Gasteiger partial charge < -0.3 is 10.6 Å². The average molecular weight is 354 g/mol. The SMILES string of the molecule is CCCN1CCN(C(C)(CN)Cc2ccc(Br)cc2)CC1. The number of nitrogens with two attached hydrogens (primary N) is 1. The molecule has 1 aliphatic rings. The van der Waals surface area contributed by atoms with E-state index in [0.717, 1.165) is 24.0 Å². The monoisotopic (exact) mass is 353 g/mol. The van der Waals surface area contributed by atoms with Crippen molar-refractivity contribution in [3.8, 4) is 0 Å². The van der Waals surface area contributed by atoms with Gasteiger partial charge in [-0.3, -0.25) is 4.90 Å². The van der Waals surface area contributed by atoms with E-state index in [2.05, 4.69) is 63.8 Å². The van der Waals surface area contributed by atoms with Gasteiger partial charge in [0.05, 0.1) is 0 Å². The Labute approximate surface area is 137 Å². The van der Waals surface area contributed by atoms with Crippen LogP contribution in [0.3, 0.4) is 0 Å². The lowest BCUT2D eigenvalue weighted by atomic mass is 9.90. The molecule has 2 rings (SSSR count). The number of rotatable bonds is 6. The summed E-state index contributed by atoms with van der Waals surface area (Å²) in [6.45, 7) is 11.1. The number of hydrogen-bond acceptors (Lipinski definition) is 3. The van der Waals surface area contributed by atoms with Gasteiger partial charge in [-0.15, -0.1) is 0 Å². The Hall–Kier alpha value is -0.420. The van der Waals surface area contributed by atoms with Crippen molar-refractivity contribution in [2.75, 3.05) is 39.3 Å². The maximum absolute atomic E-state index is 6.14. The fraction of sp³-hybridized carbons (Fsp3) is 0.647. The molecule has 118 valence electrons. The molecular formula is C17H28BrN3. The van der Waals surface area contributed by atoms with E-state index in [-0.39, 0.29) is 5.54 Å². The first kappa shape index (κ1) is 16.9. The van der Waals surface area contributed by atoms with Gasteiger partial charge in [-0.2, -0.15) is 0 Å². The summed E-state index contributed by atoms with van der Waals surface area (Å²) in [5, 5.41) is 0. The Morgan fingerprint density at radius 3 is 2.29 bits per heavy atom. The average Bonchev–Trinajstić information content (AvgIpc) is 2.50. The molecule has 4 heteroatoms. The van der Waals surface area contributed by atoms with Gasteiger partial charge in [-0.25, -0.2) is 0 Å². The van der Waals surface area contributed by atoms with Crippen molar-refractivity contribution in [1.82, 2.24) is 9.80 Å². The van der Waals surface area contributed by atoms with E-state index >= 15 is 0 Å². The lowest BCUT2D eigenvalue weighted by Crippen LogP contribution is -2.59. The van der Waals surface area contributed by atoms with Gasteiger partial charge in [0.1, 0.15) is 0 Å². The zero-order chi connectivity index (χ0) is 15.3. The molecule has 1 atom stereocenters. The third kappa shape index (κ3) is 4.52. The van der Waals surface area contributed by atoms with Crippen molar-refractivity contribution in [1.29, 1.82) is 0 Å². The highest BCUT2D eigenvalue weighted by Gasteiger charge is 2.32. The molecule has 2 N–H and O–H groups in total. The Morgan fingerprint density at radius 2 is 1.76 bits per heavy atom. The second kappa shape index (κ2) is 7.73. The summed E-state index contributed by atoms with van der Waals surface area (Å²) in [6, 6.07) is 8.63. The Kier molecular flexibility index (Phi) is 6.23. The van der Waals surface area contributed by atoms with E-state index in [1.54, 1.807) is 0 Å². The van der Waals surface area contributed by atoms with Crippen LogP contribution >= 0.6 is 15.9 Å². The molecular weight excluding hydrogens is 326 g/mol. The maximum Gasteiger partial charge on any atom is 0.0344 e. The van der Waals surface area contributed by atoms with Gasteiger partial charge in [-0.1, -0.05) is 35.0 Å². The van der Waals surface area contributed by atoms with E-state index in [1.165, 1.54) is 31.6 Å². The first-order chi connectivity index (χ1) is 10.1. The summed E-state index contributed by atoms with van der Waals surface area (Å²) < 4.78 is 1.13. The first-order valence-corrected chi connectivity index (χ1v) is 8.78. The van der Waals surface area contributed by atoms with Crippen molar-refractivity contribution in [2.24, 2.45) is 5.73 Å². The summed E-state index contributed by atoms with van der Waals surface area (Å²) >= 11 is 3.50. The van der Waals surface area contributed by atoms with Crippen molar-refractivity contribution in [3.05, 3.63) is 34.3 Å². The van der Waals surface area contributed by atoms with E-state index in [9.17, 15) is 0 Å². The van der Waals surface area contributed by atoms with E-state index in [4.69, 9.17) is 5.73 Å². The predicted octanol–water partition coefficient (Wildman–Crippen LogP) is 2.74. The van der Waals surface area contributed by atoms with Crippen LogP contribution in [0, 0.1) is 0 Å². The molecule has 0 aromatic heterocycles. The minimum Gasteiger partial charge on any atom is -0.329 e. The quantitative estimate of drug-likeness (QED) is 0.853. The molecule has 21 heavy (non-hydrogen) atoms. The van der Waals surface area contributed by atoms with Crippen LogP contribution in [0.15, 0.2) is 28.7 Å². The normalized spacial score (nSPS) is 20.4. The van der Waals surface area contributed by atoms with Crippen LogP contribution < -0.4 is 5.73 Å².